The lowest BCUT2D eigenvalue weighted by molar-refractivity contribution is 0.122. The molecule has 4 rings (SSSR count). The Kier molecular flexibility index (Phi) is 6.29. The number of hydrogen-bond donors (Lipinski definition) is 1. The second kappa shape index (κ2) is 9.10. The minimum absolute atomic E-state index is 0.145. The van der Waals surface area contributed by atoms with E-state index >= 15 is 0 Å². The molecule has 2 aromatic rings. The minimum Gasteiger partial charge on any atom is -0.378 e. The molecule has 2 aliphatic rings. The van der Waals surface area contributed by atoms with Crippen molar-refractivity contribution < 1.29 is 13.2 Å². The summed E-state index contributed by atoms with van der Waals surface area (Å²) in [7, 11) is -3.62. The van der Waals surface area contributed by atoms with Gasteiger partial charge in [-0.25, -0.2) is 18.1 Å². The van der Waals surface area contributed by atoms with E-state index in [-0.39, 0.29) is 10.9 Å². The van der Waals surface area contributed by atoms with Gasteiger partial charge in [-0.2, -0.15) is 5.26 Å². The molecule has 1 aromatic heterocycles. The summed E-state index contributed by atoms with van der Waals surface area (Å²) >= 11 is 0. The molecular weight excluding hydrogens is 402 g/mol. The van der Waals surface area contributed by atoms with Crippen molar-refractivity contribution in [3.05, 3.63) is 53.7 Å². The SMILES string of the molecule is N#Cc1cccc(CN2CC[C@@H](NS(=O)(=O)c3ccc(N4CCOCC4)nc3)C2)c1. The zero-order valence-electron chi connectivity index (χ0n) is 16.7. The van der Waals surface area contributed by atoms with Crippen molar-refractivity contribution in [2.75, 3.05) is 44.3 Å². The molecule has 3 heterocycles. The van der Waals surface area contributed by atoms with Crippen LogP contribution >= 0.6 is 0 Å². The Labute approximate surface area is 177 Å². The number of nitrogens with one attached hydrogen (secondary N) is 1. The van der Waals surface area contributed by atoms with Crippen LogP contribution in [0.3, 0.4) is 0 Å². The normalized spacial score (nSPS) is 20.2. The minimum atomic E-state index is -3.62. The Hall–Kier alpha value is -2.51. The highest BCUT2D eigenvalue weighted by atomic mass is 32.2. The van der Waals surface area contributed by atoms with E-state index in [1.807, 2.05) is 18.2 Å². The molecule has 0 aliphatic carbocycles. The van der Waals surface area contributed by atoms with Crippen LogP contribution in [0.2, 0.25) is 0 Å². The molecule has 0 spiro atoms. The Morgan fingerprint density at radius 3 is 2.77 bits per heavy atom. The van der Waals surface area contributed by atoms with Gasteiger partial charge in [0.15, 0.2) is 0 Å². The predicted octanol–water partition coefficient (Wildman–Crippen LogP) is 1.34. The van der Waals surface area contributed by atoms with Gasteiger partial charge in [0, 0.05) is 45.0 Å². The Morgan fingerprint density at radius 2 is 2.03 bits per heavy atom. The summed E-state index contributed by atoms with van der Waals surface area (Å²) in [5, 5.41) is 9.04. The van der Waals surface area contributed by atoms with Gasteiger partial charge in [0.2, 0.25) is 10.0 Å². The molecule has 0 unspecified atom stereocenters. The zero-order valence-corrected chi connectivity index (χ0v) is 17.5. The smallest absolute Gasteiger partial charge is 0.242 e. The highest BCUT2D eigenvalue weighted by molar-refractivity contribution is 7.89. The molecule has 158 valence electrons. The van der Waals surface area contributed by atoms with Crippen LogP contribution < -0.4 is 9.62 Å². The number of nitrogens with zero attached hydrogens (tertiary/aromatic N) is 4. The molecule has 9 heteroatoms. The van der Waals surface area contributed by atoms with Crippen LogP contribution in [0.5, 0.6) is 0 Å². The van der Waals surface area contributed by atoms with Crippen LogP contribution in [0.25, 0.3) is 0 Å². The Balaban J connectivity index is 1.35. The lowest BCUT2D eigenvalue weighted by Gasteiger charge is -2.27. The van der Waals surface area contributed by atoms with Crippen molar-refractivity contribution in [3.8, 4) is 6.07 Å². The van der Waals surface area contributed by atoms with Gasteiger partial charge in [-0.3, -0.25) is 4.90 Å². The number of pyridine rings is 1. The van der Waals surface area contributed by atoms with E-state index in [0.717, 1.165) is 37.4 Å². The molecule has 1 atom stereocenters. The van der Waals surface area contributed by atoms with E-state index in [4.69, 9.17) is 10.00 Å². The number of ether oxygens (including phenoxy) is 1. The number of benzene rings is 1. The first-order valence-corrected chi connectivity index (χ1v) is 11.5. The first kappa shape index (κ1) is 20.8. The zero-order chi connectivity index (χ0) is 21.0. The molecular formula is C21H25N5O3S. The van der Waals surface area contributed by atoms with Gasteiger partial charge in [0.25, 0.3) is 0 Å². The Bertz CT molecular complexity index is 1010. The van der Waals surface area contributed by atoms with Crippen molar-refractivity contribution >= 4 is 15.8 Å². The highest BCUT2D eigenvalue weighted by Crippen LogP contribution is 2.19. The molecule has 8 nitrogen and oxygen atoms in total. The second-order valence-electron chi connectivity index (χ2n) is 7.61. The quantitative estimate of drug-likeness (QED) is 0.743. The fourth-order valence-electron chi connectivity index (χ4n) is 3.87. The Morgan fingerprint density at radius 1 is 1.20 bits per heavy atom. The summed E-state index contributed by atoms with van der Waals surface area (Å²) in [6, 6.07) is 12.9. The fourth-order valence-corrected chi connectivity index (χ4v) is 5.07. The van der Waals surface area contributed by atoms with Gasteiger partial charge >= 0.3 is 0 Å². The monoisotopic (exact) mass is 427 g/mol. The number of aromatic nitrogens is 1. The third kappa shape index (κ3) is 4.96. The van der Waals surface area contributed by atoms with E-state index in [2.05, 4.69) is 25.6 Å². The molecule has 0 radical (unpaired) electrons. The van der Waals surface area contributed by atoms with Gasteiger partial charge in [0.05, 0.1) is 24.8 Å². The average molecular weight is 428 g/mol. The standard InChI is InChI=1S/C21H25N5O3S/c22-13-17-2-1-3-18(12-17)15-25-7-6-19(16-25)24-30(27,28)20-4-5-21(23-14-20)26-8-10-29-11-9-26/h1-5,12,14,19,24H,6-11,15-16H2/t19-/m1/s1. The maximum Gasteiger partial charge on any atom is 0.242 e. The topological polar surface area (TPSA) is 98.6 Å². The van der Waals surface area contributed by atoms with Gasteiger partial charge in [-0.15, -0.1) is 0 Å². The summed E-state index contributed by atoms with van der Waals surface area (Å²) in [6.45, 7) is 4.96. The lowest BCUT2D eigenvalue weighted by Crippen LogP contribution is -2.37. The number of morpholine rings is 1. The lowest BCUT2D eigenvalue weighted by atomic mass is 10.1. The molecule has 1 aromatic carbocycles. The first-order chi connectivity index (χ1) is 14.5. The van der Waals surface area contributed by atoms with Gasteiger partial charge in [-0.05, 0) is 36.2 Å². The largest absolute Gasteiger partial charge is 0.378 e. The van der Waals surface area contributed by atoms with Crippen molar-refractivity contribution in [1.29, 1.82) is 5.26 Å². The summed E-state index contributed by atoms with van der Waals surface area (Å²) in [4.78, 5) is 8.81. The van der Waals surface area contributed by atoms with Crippen LogP contribution in [0.1, 0.15) is 17.5 Å². The molecule has 1 N–H and O–H groups in total. The van der Waals surface area contributed by atoms with Crippen LogP contribution in [-0.4, -0.2) is 63.7 Å². The van der Waals surface area contributed by atoms with Crippen LogP contribution in [0.4, 0.5) is 5.82 Å². The van der Waals surface area contributed by atoms with E-state index in [1.165, 1.54) is 6.20 Å². The van der Waals surface area contributed by atoms with Gasteiger partial charge < -0.3 is 9.64 Å². The number of likely N-dealkylation sites (tertiary alicyclic amines) is 1. The molecule has 0 saturated carbocycles. The van der Waals surface area contributed by atoms with Crippen molar-refractivity contribution in [2.24, 2.45) is 0 Å². The third-order valence-electron chi connectivity index (χ3n) is 5.42. The van der Waals surface area contributed by atoms with Crippen molar-refractivity contribution in [2.45, 2.75) is 23.9 Å². The number of nitriles is 1. The van der Waals surface area contributed by atoms with Crippen LogP contribution in [0, 0.1) is 11.3 Å². The summed E-state index contributed by atoms with van der Waals surface area (Å²) in [5.41, 5.74) is 1.69. The van der Waals surface area contributed by atoms with Crippen molar-refractivity contribution in [1.82, 2.24) is 14.6 Å². The third-order valence-corrected chi connectivity index (χ3v) is 6.93. The van der Waals surface area contributed by atoms with Gasteiger partial charge in [-0.1, -0.05) is 12.1 Å². The summed E-state index contributed by atoms with van der Waals surface area (Å²) < 4.78 is 33.7. The number of rotatable bonds is 6. The molecule has 2 saturated heterocycles. The maximum atomic E-state index is 12.8. The highest BCUT2D eigenvalue weighted by Gasteiger charge is 2.27. The van der Waals surface area contributed by atoms with E-state index < -0.39 is 10.0 Å². The fraction of sp³-hybridized carbons (Fsp3) is 0.429. The van der Waals surface area contributed by atoms with Crippen molar-refractivity contribution in [3.63, 3.8) is 0 Å². The number of anilines is 1. The summed E-state index contributed by atoms with van der Waals surface area (Å²) in [5.74, 6) is 0.767. The maximum absolute atomic E-state index is 12.8. The number of hydrogen-bond acceptors (Lipinski definition) is 7. The molecule has 30 heavy (non-hydrogen) atoms. The first-order valence-electron chi connectivity index (χ1n) is 10.1. The molecule has 2 aliphatic heterocycles. The summed E-state index contributed by atoms with van der Waals surface area (Å²) in [6.07, 6.45) is 2.17. The van der Waals surface area contributed by atoms with Gasteiger partial charge in [0.1, 0.15) is 10.7 Å². The van der Waals surface area contributed by atoms with Crippen LogP contribution in [-0.2, 0) is 21.3 Å². The molecule has 2 fully saturated rings. The predicted molar refractivity (Wildman–Crippen MR) is 112 cm³/mol. The molecule has 0 amide bonds. The second-order valence-corrected chi connectivity index (χ2v) is 9.32. The number of sulfonamides is 1. The van der Waals surface area contributed by atoms with Crippen LogP contribution in [0.15, 0.2) is 47.5 Å². The molecule has 0 bridgehead atoms. The van der Waals surface area contributed by atoms with E-state index in [0.29, 0.717) is 31.9 Å². The van der Waals surface area contributed by atoms with E-state index in [1.54, 1.807) is 18.2 Å². The van der Waals surface area contributed by atoms with E-state index in [9.17, 15) is 8.42 Å². The average Bonchev–Trinajstić information content (AvgIpc) is 3.20.